The van der Waals surface area contributed by atoms with E-state index in [9.17, 15) is 9.18 Å². The van der Waals surface area contributed by atoms with Gasteiger partial charge < -0.3 is 14.8 Å². The van der Waals surface area contributed by atoms with Gasteiger partial charge in [0.1, 0.15) is 5.82 Å². The second kappa shape index (κ2) is 10.7. The molecule has 0 radical (unpaired) electrons. The zero-order valence-corrected chi connectivity index (χ0v) is 16.2. The molecule has 136 valence electrons. The molecule has 0 aliphatic rings. The summed E-state index contributed by atoms with van der Waals surface area (Å²) in [5.41, 5.74) is 0.400. The van der Waals surface area contributed by atoms with Crippen molar-refractivity contribution in [1.82, 2.24) is 5.32 Å². The van der Waals surface area contributed by atoms with Crippen LogP contribution in [0.1, 0.15) is 45.6 Å². The molecule has 0 fully saturated rings. The second-order valence-corrected chi connectivity index (χ2v) is 7.47. The van der Waals surface area contributed by atoms with Gasteiger partial charge in [-0.05, 0) is 36.5 Å². The summed E-state index contributed by atoms with van der Waals surface area (Å²) in [5.74, 6) is -0.271. The maximum atomic E-state index is 13.6. The van der Waals surface area contributed by atoms with Crippen LogP contribution in [-0.4, -0.2) is 25.9 Å². The molecule has 0 atom stereocenters. The van der Waals surface area contributed by atoms with Crippen LogP contribution in [0.3, 0.4) is 0 Å². The van der Waals surface area contributed by atoms with Crippen LogP contribution >= 0.6 is 15.9 Å². The van der Waals surface area contributed by atoms with Crippen molar-refractivity contribution >= 4 is 22.0 Å². The number of nitrogens with one attached hydrogen (secondary N) is 1. The third kappa shape index (κ3) is 8.64. The lowest BCUT2D eigenvalue weighted by atomic mass is 9.90. The number of carbonyl (C=O) groups is 1. The zero-order valence-electron chi connectivity index (χ0n) is 14.7. The summed E-state index contributed by atoms with van der Waals surface area (Å²) in [5, 5.41) is 2.74. The minimum absolute atomic E-state index is 0.126. The van der Waals surface area contributed by atoms with E-state index in [0.717, 1.165) is 23.7 Å². The molecule has 1 N–H and O–H groups in total. The van der Waals surface area contributed by atoms with Crippen molar-refractivity contribution in [3.05, 3.63) is 34.1 Å². The molecule has 0 heterocycles. The fourth-order valence-electron chi connectivity index (χ4n) is 2.03. The maximum Gasteiger partial charge on any atom is 0.407 e. The first-order valence-corrected chi connectivity index (χ1v) is 9.05. The number of amides is 1. The molecule has 0 saturated heterocycles. The fourth-order valence-corrected chi connectivity index (χ4v) is 2.44. The van der Waals surface area contributed by atoms with Gasteiger partial charge in [0, 0.05) is 16.6 Å². The lowest BCUT2D eigenvalue weighted by Crippen LogP contribution is -2.30. The molecule has 1 aromatic rings. The Labute approximate surface area is 152 Å². The van der Waals surface area contributed by atoms with Crippen molar-refractivity contribution in [3.63, 3.8) is 0 Å². The summed E-state index contributed by atoms with van der Waals surface area (Å²) in [4.78, 5) is 11.5. The van der Waals surface area contributed by atoms with E-state index in [1.807, 2.05) is 20.8 Å². The molecule has 0 saturated carbocycles. The summed E-state index contributed by atoms with van der Waals surface area (Å²) in [6.45, 7) is 7.82. The number of ether oxygens (including phenoxy) is 2. The highest BCUT2D eigenvalue weighted by atomic mass is 79.9. The van der Waals surface area contributed by atoms with Crippen LogP contribution in [0.2, 0.25) is 0 Å². The normalized spacial score (nSPS) is 11.4. The first-order valence-electron chi connectivity index (χ1n) is 8.26. The van der Waals surface area contributed by atoms with Crippen molar-refractivity contribution < 1.29 is 18.7 Å². The van der Waals surface area contributed by atoms with E-state index >= 15 is 0 Å². The average Bonchev–Trinajstić information content (AvgIpc) is 2.50. The number of rotatable bonds is 10. The molecular weight excluding hydrogens is 377 g/mol. The number of hydrogen-bond donors (Lipinski definition) is 1. The molecule has 0 aromatic heterocycles. The van der Waals surface area contributed by atoms with Gasteiger partial charge >= 0.3 is 6.09 Å². The number of unbranched alkanes of at least 4 members (excludes halogenated alkanes) is 1. The van der Waals surface area contributed by atoms with E-state index in [1.54, 1.807) is 12.1 Å². The van der Waals surface area contributed by atoms with Crippen molar-refractivity contribution in [1.29, 1.82) is 0 Å². The minimum Gasteiger partial charge on any atom is -0.450 e. The number of hydrogen-bond acceptors (Lipinski definition) is 3. The van der Waals surface area contributed by atoms with E-state index in [2.05, 4.69) is 21.2 Å². The van der Waals surface area contributed by atoms with Gasteiger partial charge in [-0.15, -0.1) is 0 Å². The Kier molecular flexibility index (Phi) is 9.29. The van der Waals surface area contributed by atoms with Gasteiger partial charge in [0.05, 0.1) is 19.8 Å². The maximum absolute atomic E-state index is 13.6. The Morgan fingerprint density at radius 1 is 1.38 bits per heavy atom. The standard InChI is InChI=1S/C18H27BrFNO3/c1-4-5-10-24-17(22)21-9-8-18(2,3)13-23-12-14-11-15(19)6-7-16(14)20/h6-7,11H,4-5,8-10,12-13H2,1-3H3,(H,21,22). The van der Waals surface area contributed by atoms with Crippen LogP contribution in [0, 0.1) is 11.2 Å². The Morgan fingerprint density at radius 2 is 2.12 bits per heavy atom. The number of halogens is 2. The molecule has 4 nitrogen and oxygen atoms in total. The predicted molar refractivity (Wildman–Crippen MR) is 96.4 cm³/mol. The molecule has 1 rings (SSSR count). The predicted octanol–water partition coefficient (Wildman–Crippen LogP) is 5.05. The first-order chi connectivity index (χ1) is 11.3. The van der Waals surface area contributed by atoms with E-state index in [4.69, 9.17) is 9.47 Å². The van der Waals surface area contributed by atoms with Crippen LogP contribution in [0.15, 0.2) is 22.7 Å². The van der Waals surface area contributed by atoms with Gasteiger partial charge in [-0.3, -0.25) is 0 Å². The van der Waals surface area contributed by atoms with Crippen LogP contribution in [-0.2, 0) is 16.1 Å². The zero-order chi connectivity index (χ0) is 18.0. The Morgan fingerprint density at radius 3 is 2.83 bits per heavy atom. The Hall–Kier alpha value is -1.14. The highest BCUT2D eigenvalue weighted by Gasteiger charge is 2.19. The Bertz CT molecular complexity index is 523. The summed E-state index contributed by atoms with van der Waals surface area (Å²) in [7, 11) is 0. The van der Waals surface area contributed by atoms with E-state index in [0.29, 0.717) is 25.3 Å². The van der Waals surface area contributed by atoms with Crippen LogP contribution in [0.4, 0.5) is 9.18 Å². The Balaban J connectivity index is 2.26. The lowest BCUT2D eigenvalue weighted by Gasteiger charge is -2.24. The monoisotopic (exact) mass is 403 g/mol. The van der Waals surface area contributed by atoms with Crippen molar-refractivity contribution in [2.75, 3.05) is 19.8 Å². The molecule has 0 bridgehead atoms. The number of carbonyl (C=O) groups excluding carboxylic acids is 1. The van der Waals surface area contributed by atoms with Crippen LogP contribution in [0.25, 0.3) is 0 Å². The highest BCUT2D eigenvalue weighted by Crippen LogP contribution is 2.22. The van der Waals surface area contributed by atoms with E-state index < -0.39 is 0 Å². The lowest BCUT2D eigenvalue weighted by molar-refractivity contribution is 0.0456. The van der Waals surface area contributed by atoms with Gasteiger partial charge in [-0.25, -0.2) is 9.18 Å². The summed E-state index contributed by atoms with van der Waals surface area (Å²) in [6.07, 6.45) is 2.24. The number of benzene rings is 1. The van der Waals surface area contributed by atoms with E-state index in [1.165, 1.54) is 6.07 Å². The SMILES string of the molecule is CCCCOC(=O)NCCC(C)(C)COCc1cc(Br)ccc1F. The minimum atomic E-state index is -0.378. The van der Waals surface area contributed by atoms with E-state index in [-0.39, 0.29) is 23.9 Å². The molecule has 6 heteroatoms. The number of alkyl carbamates (subject to hydrolysis) is 1. The molecule has 0 unspecified atom stereocenters. The second-order valence-electron chi connectivity index (χ2n) is 6.56. The van der Waals surface area contributed by atoms with Crippen LogP contribution in [0.5, 0.6) is 0 Å². The van der Waals surface area contributed by atoms with Gasteiger partial charge in [-0.2, -0.15) is 0 Å². The van der Waals surface area contributed by atoms with Crippen molar-refractivity contribution in [2.24, 2.45) is 5.41 Å². The van der Waals surface area contributed by atoms with Gasteiger partial charge in [0.25, 0.3) is 0 Å². The quantitative estimate of drug-likeness (QED) is 0.556. The summed E-state index contributed by atoms with van der Waals surface area (Å²) < 4.78 is 25.2. The molecule has 24 heavy (non-hydrogen) atoms. The summed E-state index contributed by atoms with van der Waals surface area (Å²) >= 11 is 3.32. The summed E-state index contributed by atoms with van der Waals surface area (Å²) in [6, 6.07) is 4.80. The fraction of sp³-hybridized carbons (Fsp3) is 0.611. The van der Waals surface area contributed by atoms with Crippen molar-refractivity contribution in [2.45, 2.75) is 46.6 Å². The molecule has 1 aromatic carbocycles. The van der Waals surface area contributed by atoms with Crippen LogP contribution < -0.4 is 5.32 Å². The first kappa shape index (κ1) is 20.9. The molecule has 1 amide bonds. The molecule has 0 aliphatic carbocycles. The van der Waals surface area contributed by atoms with Gasteiger partial charge in [0.15, 0.2) is 0 Å². The highest BCUT2D eigenvalue weighted by molar-refractivity contribution is 9.10. The topological polar surface area (TPSA) is 47.6 Å². The third-order valence-electron chi connectivity index (χ3n) is 3.56. The molecular formula is C18H27BrFNO3. The van der Waals surface area contributed by atoms with Gasteiger partial charge in [-0.1, -0.05) is 43.1 Å². The largest absolute Gasteiger partial charge is 0.450 e. The van der Waals surface area contributed by atoms with Crippen molar-refractivity contribution in [3.8, 4) is 0 Å². The molecule has 0 aliphatic heterocycles. The third-order valence-corrected chi connectivity index (χ3v) is 4.05. The molecule has 0 spiro atoms. The average molecular weight is 404 g/mol. The smallest absolute Gasteiger partial charge is 0.407 e. The van der Waals surface area contributed by atoms with Gasteiger partial charge in [0.2, 0.25) is 0 Å².